The number of hydrogen-bond donors (Lipinski definition) is 1. The summed E-state index contributed by atoms with van der Waals surface area (Å²) in [6.45, 7) is 7.10. The van der Waals surface area contributed by atoms with Crippen molar-refractivity contribution in [1.82, 2.24) is 10.2 Å². The maximum atomic E-state index is 3.76. The topological polar surface area (TPSA) is 15.3 Å². The number of nitrogens with zero attached hydrogens (tertiary/aromatic N) is 1. The molecule has 1 aromatic rings. The molecular weight excluding hydrogens is 252 g/mol. The summed E-state index contributed by atoms with van der Waals surface area (Å²) >= 11 is 1.93. The van der Waals surface area contributed by atoms with Gasteiger partial charge in [0.05, 0.1) is 0 Å². The van der Waals surface area contributed by atoms with E-state index in [1.807, 2.05) is 11.3 Å². The highest BCUT2D eigenvalue weighted by atomic mass is 32.1. The average molecular weight is 278 g/mol. The second-order valence-electron chi connectivity index (χ2n) is 6.22. The van der Waals surface area contributed by atoms with Crippen molar-refractivity contribution in [3.05, 3.63) is 22.4 Å². The summed E-state index contributed by atoms with van der Waals surface area (Å²) in [5, 5.41) is 5.99. The lowest BCUT2D eigenvalue weighted by molar-refractivity contribution is 0.0809. The van der Waals surface area contributed by atoms with Crippen LogP contribution in [-0.4, -0.2) is 30.1 Å². The zero-order chi connectivity index (χ0) is 13.2. The first-order valence-electron chi connectivity index (χ1n) is 7.82. The van der Waals surface area contributed by atoms with Gasteiger partial charge < -0.3 is 5.32 Å². The minimum atomic E-state index is 0.642. The zero-order valence-electron chi connectivity index (χ0n) is 12.1. The van der Waals surface area contributed by atoms with E-state index in [1.165, 1.54) is 32.2 Å². The summed E-state index contributed by atoms with van der Waals surface area (Å²) in [5.74, 6) is 0.959. The highest BCUT2D eigenvalue weighted by Crippen LogP contribution is 2.37. The molecule has 2 aliphatic rings. The SMILES string of the molecule is CCCC(c1cccs1)N1CC(C2CC2)NCC1C. The van der Waals surface area contributed by atoms with Crippen LogP contribution in [0.4, 0.5) is 0 Å². The van der Waals surface area contributed by atoms with Crippen molar-refractivity contribution in [2.75, 3.05) is 13.1 Å². The van der Waals surface area contributed by atoms with Crippen LogP contribution in [0, 0.1) is 5.92 Å². The zero-order valence-corrected chi connectivity index (χ0v) is 13.0. The normalized spacial score (nSPS) is 30.4. The summed E-state index contributed by atoms with van der Waals surface area (Å²) in [4.78, 5) is 4.33. The molecule has 1 aliphatic heterocycles. The van der Waals surface area contributed by atoms with Gasteiger partial charge in [0.1, 0.15) is 0 Å². The standard InChI is InChI=1S/C16H26N2S/c1-3-5-15(16-6-4-9-19-16)18-11-14(13-7-8-13)17-10-12(18)2/h4,6,9,12-15,17H,3,5,7-8,10-11H2,1-2H3. The van der Waals surface area contributed by atoms with Gasteiger partial charge in [-0.2, -0.15) is 0 Å². The number of hydrogen-bond acceptors (Lipinski definition) is 3. The van der Waals surface area contributed by atoms with Crippen molar-refractivity contribution < 1.29 is 0 Å². The lowest BCUT2D eigenvalue weighted by Crippen LogP contribution is -2.56. The van der Waals surface area contributed by atoms with Gasteiger partial charge in [-0.3, -0.25) is 4.90 Å². The van der Waals surface area contributed by atoms with Crippen molar-refractivity contribution in [3.63, 3.8) is 0 Å². The van der Waals surface area contributed by atoms with Crippen LogP contribution in [0.15, 0.2) is 17.5 Å². The van der Waals surface area contributed by atoms with Crippen LogP contribution in [0.2, 0.25) is 0 Å². The van der Waals surface area contributed by atoms with Crippen LogP contribution in [-0.2, 0) is 0 Å². The van der Waals surface area contributed by atoms with E-state index in [9.17, 15) is 0 Å². The molecule has 1 aromatic heterocycles. The van der Waals surface area contributed by atoms with E-state index >= 15 is 0 Å². The molecule has 2 heterocycles. The molecule has 3 atom stereocenters. The molecule has 2 nitrogen and oxygen atoms in total. The Morgan fingerprint density at radius 3 is 2.95 bits per heavy atom. The Labute approximate surface area is 121 Å². The molecule has 3 heteroatoms. The molecule has 1 saturated carbocycles. The van der Waals surface area contributed by atoms with Crippen molar-refractivity contribution >= 4 is 11.3 Å². The predicted octanol–water partition coefficient (Wildman–Crippen LogP) is 3.66. The molecule has 19 heavy (non-hydrogen) atoms. The van der Waals surface area contributed by atoms with Gasteiger partial charge in [-0.1, -0.05) is 19.4 Å². The maximum Gasteiger partial charge on any atom is 0.0445 e. The van der Waals surface area contributed by atoms with Crippen LogP contribution < -0.4 is 5.32 Å². The molecule has 3 rings (SSSR count). The Morgan fingerprint density at radius 1 is 1.47 bits per heavy atom. The fraction of sp³-hybridized carbons (Fsp3) is 0.750. The first-order valence-corrected chi connectivity index (χ1v) is 8.70. The van der Waals surface area contributed by atoms with E-state index < -0.39 is 0 Å². The lowest BCUT2D eigenvalue weighted by atomic mass is 10.00. The molecular formula is C16H26N2S. The minimum Gasteiger partial charge on any atom is -0.311 e. The van der Waals surface area contributed by atoms with Gasteiger partial charge in [-0.25, -0.2) is 0 Å². The molecule has 1 saturated heterocycles. The third-order valence-electron chi connectivity index (χ3n) is 4.67. The first kappa shape index (κ1) is 13.6. The molecule has 0 spiro atoms. The Morgan fingerprint density at radius 2 is 2.32 bits per heavy atom. The van der Waals surface area contributed by atoms with Crippen LogP contribution in [0.5, 0.6) is 0 Å². The quantitative estimate of drug-likeness (QED) is 0.884. The van der Waals surface area contributed by atoms with E-state index in [4.69, 9.17) is 0 Å². The Kier molecular flexibility index (Phi) is 4.25. The predicted molar refractivity (Wildman–Crippen MR) is 82.7 cm³/mol. The molecule has 3 unspecified atom stereocenters. The Bertz CT molecular complexity index is 385. The van der Waals surface area contributed by atoms with Crippen molar-refractivity contribution in [3.8, 4) is 0 Å². The van der Waals surface area contributed by atoms with Crippen LogP contribution in [0.25, 0.3) is 0 Å². The van der Waals surface area contributed by atoms with E-state index in [2.05, 4.69) is 41.6 Å². The average Bonchev–Trinajstić information content (AvgIpc) is 3.13. The molecule has 0 radical (unpaired) electrons. The van der Waals surface area contributed by atoms with Gasteiger partial charge in [-0.05, 0) is 43.6 Å². The monoisotopic (exact) mass is 278 g/mol. The fourth-order valence-corrected chi connectivity index (χ4v) is 4.27. The van der Waals surface area contributed by atoms with E-state index in [1.54, 1.807) is 4.88 Å². The van der Waals surface area contributed by atoms with Crippen LogP contribution >= 0.6 is 11.3 Å². The maximum absolute atomic E-state index is 3.76. The molecule has 1 aliphatic carbocycles. The highest BCUT2D eigenvalue weighted by Gasteiger charge is 2.38. The second kappa shape index (κ2) is 5.94. The van der Waals surface area contributed by atoms with Crippen LogP contribution in [0.3, 0.4) is 0 Å². The largest absolute Gasteiger partial charge is 0.311 e. The van der Waals surface area contributed by atoms with E-state index in [0.717, 1.165) is 18.5 Å². The van der Waals surface area contributed by atoms with Crippen LogP contribution in [0.1, 0.15) is 50.4 Å². The number of rotatable bonds is 5. The van der Waals surface area contributed by atoms with Crippen molar-refractivity contribution in [2.24, 2.45) is 5.92 Å². The molecule has 1 N–H and O–H groups in total. The summed E-state index contributed by atoms with van der Waals surface area (Å²) < 4.78 is 0. The summed E-state index contributed by atoms with van der Waals surface area (Å²) in [7, 11) is 0. The van der Waals surface area contributed by atoms with Gasteiger partial charge in [-0.15, -0.1) is 11.3 Å². The number of piperazine rings is 1. The summed E-state index contributed by atoms with van der Waals surface area (Å²) in [5.41, 5.74) is 0. The first-order chi connectivity index (χ1) is 9.29. The Hall–Kier alpha value is -0.380. The molecule has 0 aromatic carbocycles. The lowest BCUT2D eigenvalue weighted by Gasteiger charge is -2.43. The Balaban J connectivity index is 1.75. The van der Waals surface area contributed by atoms with E-state index in [0.29, 0.717) is 12.1 Å². The van der Waals surface area contributed by atoms with Gasteiger partial charge in [0.25, 0.3) is 0 Å². The van der Waals surface area contributed by atoms with Gasteiger partial charge in [0, 0.05) is 36.1 Å². The summed E-state index contributed by atoms with van der Waals surface area (Å²) in [6, 6.07) is 6.58. The summed E-state index contributed by atoms with van der Waals surface area (Å²) in [6.07, 6.45) is 5.45. The molecule has 0 amide bonds. The van der Waals surface area contributed by atoms with Crippen molar-refractivity contribution in [2.45, 2.75) is 57.7 Å². The van der Waals surface area contributed by atoms with E-state index in [-0.39, 0.29) is 0 Å². The molecule has 106 valence electrons. The number of nitrogens with one attached hydrogen (secondary N) is 1. The second-order valence-corrected chi connectivity index (χ2v) is 7.20. The fourth-order valence-electron chi connectivity index (χ4n) is 3.39. The highest BCUT2D eigenvalue weighted by molar-refractivity contribution is 7.10. The molecule has 0 bridgehead atoms. The third-order valence-corrected chi connectivity index (χ3v) is 5.65. The van der Waals surface area contributed by atoms with Gasteiger partial charge in [0.15, 0.2) is 0 Å². The van der Waals surface area contributed by atoms with Gasteiger partial charge >= 0.3 is 0 Å². The smallest absolute Gasteiger partial charge is 0.0445 e. The number of thiophene rings is 1. The third kappa shape index (κ3) is 3.04. The molecule has 2 fully saturated rings. The van der Waals surface area contributed by atoms with Crippen molar-refractivity contribution in [1.29, 1.82) is 0 Å². The minimum absolute atomic E-state index is 0.642. The van der Waals surface area contributed by atoms with Gasteiger partial charge in [0.2, 0.25) is 0 Å².